The lowest BCUT2D eigenvalue weighted by Gasteiger charge is -2.29. The van der Waals surface area contributed by atoms with Gasteiger partial charge in [0.05, 0.1) is 13.1 Å². The van der Waals surface area contributed by atoms with E-state index in [1.54, 1.807) is 0 Å². The second kappa shape index (κ2) is 13.2. The molecular weight excluding hydrogens is 393 g/mol. The van der Waals surface area contributed by atoms with Crippen molar-refractivity contribution in [3.05, 3.63) is 71.8 Å². The zero-order valence-electron chi connectivity index (χ0n) is 16.4. The minimum Gasteiger partial charge on any atom is -0.343 e. The maximum atomic E-state index is 13.0. The molecule has 0 unspecified atom stereocenters. The molecule has 1 amide bonds. The maximum Gasteiger partial charge on any atom is 0.250 e. The fourth-order valence-electron chi connectivity index (χ4n) is 2.77. The molecule has 0 saturated carbocycles. The number of benzene rings is 2. The summed E-state index contributed by atoms with van der Waals surface area (Å²) in [5.41, 5.74) is 6.87. The summed E-state index contributed by atoms with van der Waals surface area (Å²) in [6.07, 6.45) is 0. The first kappa shape index (κ1) is 26.0. The molecule has 0 bridgehead atoms. The van der Waals surface area contributed by atoms with E-state index in [1.165, 1.54) is 0 Å². The van der Waals surface area contributed by atoms with E-state index in [0.717, 1.165) is 24.2 Å². The summed E-state index contributed by atoms with van der Waals surface area (Å²) in [6, 6.07) is 18.9. The third kappa shape index (κ3) is 6.54. The van der Waals surface area contributed by atoms with Crippen molar-refractivity contribution in [3.63, 3.8) is 0 Å². The van der Waals surface area contributed by atoms with E-state index in [1.807, 2.05) is 60.7 Å². The third-order valence-corrected chi connectivity index (χ3v) is 4.48. The number of hydrogen-bond donors (Lipinski definition) is 2. The molecule has 0 radical (unpaired) electrons. The molecule has 0 aliphatic rings. The van der Waals surface area contributed by atoms with Crippen LogP contribution in [0.4, 0.5) is 0 Å². The Balaban J connectivity index is 0.00000364. The van der Waals surface area contributed by atoms with Crippen LogP contribution in [0.1, 0.15) is 25.0 Å². The number of nitrogens with two attached hydrogens (primary N) is 1. The molecule has 0 fully saturated rings. The molecular formula is C22H29Cl2N3O. The zero-order valence-corrected chi connectivity index (χ0v) is 18.0. The summed E-state index contributed by atoms with van der Waals surface area (Å²) < 4.78 is 0. The van der Waals surface area contributed by atoms with E-state index >= 15 is 0 Å². The van der Waals surface area contributed by atoms with Gasteiger partial charge in [-0.05, 0) is 24.2 Å². The van der Waals surface area contributed by atoms with Crippen molar-refractivity contribution in [1.82, 2.24) is 10.2 Å². The van der Waals surface area contributed by atoms with Crippen molar-refractivity contribution in [3.8, 4) is 11.8 Å². The Morgan fingerprint density at radius 2 is 1.39 bits per heavy atom. The lowest BCUT2D eigenvalue weighted by atomic mass is 9.83. The van der Waals surface area contributed by atoms with Gasteiger partial charge in [-0.1, -0.05) is 86.4 Å². The average molecular weight is 422 g/mol. The van der Waals surface area contributed by atoms with Crippen LogP contribution in [0.5, 0.6) is 0 Å². The molecule has 152 valence electrons. The Hall–Kier alpha value is -2.03. The van der Waals surface area contributed by atoms with Crippen LogP contribution in [0, 0.1) is 11.8 Å². The van der Waals surface area contributed by atoms with Crippen molar-refractivity contribution >= 4 is 30.7 Å². The average Bonchev–Trinajstić information content (AvgIpc) is 2.71. The summed E-state index contributed by atoms with van der Waals surface area (Å²) in [5, 5.41) is 2.87. The van der Waals surface area contributed by atoms with Crippen molar-refractivity contribution in [2.24, 2.45) is 5.73 Å². The number of nitrogens with zero attached hydrogens (tertiary/aromatic N) is 1. The first-order chi connectivity index (χ1) is 12.6. The van der Waals surface area contributed by atoms with Crippen LogP contribution in [0.15, 0.2) is 60.7 Å². The Morgan fingerprint density at radius 3 is 1.82 bits per heavy atom. The normalized spacial score (nSPS) is 10.1. The highest BCUT2D eigenvalue weighted by molar-refractivity contribution is 5.91. The van der Waals surface area contributed by atoms with Crippen LogP contribution in [0.25, 0.3) is 0 Å². The fraction of sp³-hybridized carbons (Fsp3) is 0.318. The van der Waals surface area contributed by atoms with Gasteiger partial charge in [0.15, 0.2) is 0 Å². The van der Waals surface area contributed by atoms with Crippen LogP contribution in [-0.2, 0) is 10.3 Å². The van der Waals surface area contributed by atoms with Crippen molar-refractivity contribution in [1.29, 1.82) is 0 Å². The van der Waals surface area contributed by atoms with Gasteiger partial charge in [0.1, 0.15) is 5.54 Å². The minimum absolute atomic E-state index is 0. The van der Waals surface area contributed by atoms with Crippen molar-refractivity contribution in [2.75, 3.05) is 26.2 Å². The molecule has 0 aliphatic heterocycles. The van der Waals surface area contributed by atoms with Gasteiger partial charge in [-0.25, -0.2) is 0 Å². The van der Waals surface area contributed by atoms with E-state index in [9.17, 15) is 4.79 Å². The van der Waals surface area contributed by atoms with Gasteiger partial charge >= 0.3 is 0 Å². The van der Waals surface area contributed by atoms with Gasteiger partial charge in [-0.15, -0.1) is 24.8 Å². The largest absolute Gasteiger partial charge is 0.343 e. The lowest BCUT2D eigenvalue weighted by Crippen LogP contribution is -2.52. The smallest absolute Gasteiger partial charge is 0.250 e. The first-order valence-electron chi connectivity index (χ1n) is 8.99. The molecule has 0 aromatic heterocycles. The lowest BCUT2D eigenvalue weighted by molar-refractivity contribution is -0.125. The highest BCUT2D eigenvalue weighted by atomic mass is 35.5. The number of halogens is 2. The van der Waals surface area contributed by atoms with E-state index in [4.69, 9.17) is 5.73 Å². The molecule has 0 atom stereocenters. The maximum absolute atomic E-state index is 13.0. The highest BCUT2D eigenvalue weighted by Gasteiger charge is 2.37. The topological polar surface area (TPSA) is 58.4 Å². The molecule has 28 heavy (non-hydrogen) atoms. The molecule has 2 aromatic rings. The van der Waals surface area contributed by atoms with Crippen LogP contribution in [0.3, 0.4) is 0 Å². The van der Waals surface area contributed by atoms with Gasteiger partial charge in [0.25, 0.3) is 0 Å². The molecule has 6 heteroatoms. The van der Waals surface area contributed by atoms with E-state index < -0.39 is 5.54 Å². The van der Waals surface area contributed by atoms with Crippen molar-refractivity contribution in [2.45, 2.75) is 19.4 Å². The van der Waals surface area contributed by atoms with Crippen LogP contribution in [-0.4, -0.2) is 37.0 Å². The summed E-state index contributed by atoms with van der Waals surface area (Å²) in [6.45, 7) is 7.12. The fourth-order valence-corrected chi connectivity index (χ4v) is 2.77. The van der Waals surface area contributed by atoms with E-state index in [-0.39, 0.29) is 37.3 Å². The predicted octanol–water partition coefficient (Wildman–Crippen LogP) is 3.19. The summed E-state index contributed by atoms with van der Waals surface area (Å²) >= 11 is 0. The number of nitrogens with one attached hydrogen (secondary N) is 1. The highest BCUT2D eigenvalue weighted by Crippen LogP contribution is 2.27. The van der Waals surface area contributed by atoms with E-state index in [0.29, 0.717) is 6.54 Å². The monoisotopic (exact) mass is 421 g/mol. The third-order valence-electron chi connectivity index (χ3n) is 4.48. The van der Waals surface area contributed by atoms with Crippen molar-refractivity contribution < 1.29 is 4.79 Å². The van der Waals surface area contributed by atoms with Crippen LogP contribution >= 0.6 is 24.8 Å². The number of rotatable bonds is 7. The second-order valence-electron chi connectivity index (χ2n) is 6.04. The van der Waals surface area contributed by atoms with Gasteiger partial charge in [0, 0.05) is 0 Å². The Morgan fingerprint density at radius 1 is 0.929 bits per heavy atom. The van der Waals surface area contributed by atoms with Gasteiger partial charge in [0.2, 0.25) is 5.91 Å². The molecule has 2 rings (SSSR count). The summed E-state index contributed by atoms with van der Waals surface area (Å²) in [4.78, 5) is 15.2. The molecule has 0 spiro atoms. The Kier molecular flexibility index (Phi) is 12.2. The van der Waals surface area contributed by atoms with Gasteiger partial charge in [-0.2, -0.15) is 0 Å². The Labute approximate surface area is 180 Å². The summed E-state index contributed by atoms with van der Waals surface area (Å²) in [7, 11) is 0. The standard InChI is InChI=1S/C22H27N3O.2ClH/c1-3-25(4-2)18-12-11-17-24-21(26)22(23,19-13-7-5-8-14-19)20-15-9-6-10-16-20;;/h5-10,13-16H,3-4,17-18,23H2,1-2H3,(H,24,26);2*1H. The molecule has 0 saturated heterocycles. The SMILES string of the molecule is CCN(CC)CC#CCNC(=O)C(N)(c1ccccc1)c1ccccc1.Cl.Cl. The number of amides is 1. The molecule has 2 aromatic carbocycles. The minimum atomic E-state index is -1.25. The predicted molar refractivity (Wildman–Crippen MR) is 121 cm³/mol. The van der Waals surface area contributed by atoms with Crippen LogP contribution < -0.4 is 11.1 Å². The molecule has 0 aliphatic carbocycles. The number of carbonyl (C=O) groups is 1. The molecule has 4 nitrogen and oxygen atoms in total. The van der Waals surface area contributed by atoms with E-state index in [2.05, 4.69) is 35.9 Å². The quantitative estimate of drug-likeness (QED) is 0.674. The number of carbonyl (C=O) groups excluding carboxylic acids is 1. The van der Waals surface area contributed by atoms with Gasteiger partial charge in [-0.3, -0.25) is 9.69 Å². The molecule has 0 heterocycles. The van der Waals surface area contributed by atoms with Crippen LogP contribution in [0.2, 0.25) is 0 Å². The molecule has 3 N–H and O–H groups in total. The summed E-state index contributed by atoms with van der Waals surface area (Å²) in [5.74, 6) is 5.85. The number of hydrogen-bond acceptors (Lipinski definition) is 3. The van der Waals surface area contributed by atoms with Gasteiger partial charge < -0.3 is 11.1 Å². The Bertz CT molecular complexity index is 714. The zero-order chi connectivity index (χ0) is 18.8. The first-order valence-corrected chi connectivity index (χ1v) is 8.99. The second-order valence-corrected chi connectivity index (χ2v) is 6.04.